The van der Waals surface area contributed by atoms with Gasteiger partial charge in [0, 0.05) is 19.7 Å². The lowest BCUT2D eigenvalue weighted by Gasteiger charge is -2.24. The van der Waals surface area contributed by atoms with E-state index >= 15 is 0 Å². The minimum Gasteiger partial charge on any atom is -0.396 e. The molecule has 4 heteroatoms. The molecule has 4 nitrogen and oxygen atoms in total. The molecular formula is C12H24N2O2. The van der Waals surface area contributed by atoms with Crippen LogP contribution in [0.5, 0.6) is 0 Å². The fourth-order valence-electron chi connectivity index (χ4n) is 2.16. The molecule has 1 saturated heterocycles. The first-order valence-electron chi connectivity index (χ1n) is 6.25. The maximum Gasteiger partial charge on any atom is 0.239 e. The lowest BCUT2D eigenvalue weighted by atomic mass is 9.99. The van der Waals surface area contributed by atoms with Crippen molar-refractivity contribution in [3.63, 3.8) is 0 Å². The molecule has 0 bridgehead atoms. The second kappa shape index (κ2) is 6.21. The van der Waals surface area contributed by atoms with E-state index in [-0.39, 0.29) is 24.5 Å². The third kappa shape index (κ3) is 3.19. The molecule has 2 unspecified atom stereocenters. The Hall–Kier alpha value is -0.610. The first-order chi connectivity index (χ1) is 7.60. The van der Waals surface area contributed by atoms with E-state index in [1.807, 2.05) is 11.8 Å². The number of aliphatic hydroxyl groups is 1. The summed E-state index contributed by atoms with van der Waals surface area (Å²) in [6, 6.07) is -0.363. The van der Waals surface area contributed by atoms with Crippen LogP contribution in [0.3, 0.4) is 0 Å². The van der Waals surface area contributed by atoms with Gasteiger partial charge in [-0.1, -0.05) is 20.3 Å². The molecule has 1 amide bonds. The highest BCUT2D eigenvalue weighted by Crippen LogP contribution is 2.21. The average Bonchev–Trinajstić information content (AvgIpc) is 2.75. The maximum absolute atomic E-state index is 12.0. The summed E-state index contributed by atoms with van der Waals surface area (Å²) in [6.07, 6.45) is 2.72. The van der Waals surface area contributed by atoms with Gasteiger partial charge in [-0.25, -0.2) is 0 Å². The molecule has 1 aliphatic rings. The number of rotatable bonds is 5. The van der Waals surface area contributed by atoms with Gasteiger partial charge < -0.3 is 15.7 Å². The molecule has 1 fully saturated rings. The molecule has 1 rings (SSSR count). The molecule has 0 aromatic rings. The Morgan fingerprint density at radius 1 is 1.62 bits per heavy atom. The van der Waals surface area contributed by atoms with Crippen LogP contribution in [0.15, 0.2) is 0 Å². The molecule has 1 aliphatic heterocycles. The molecule has 3 atom stereocenters. The van der Waals surface area contributed by atoms with Crippen LogP contribution in [0.4, 0.5) is 0 Å². The maximum atomic E-state index is 12.0. The number of aliphatic hydroxyl groups excluding tert-OH is 1. The van der Waals surface area contributed by atoms with Gasteiger partial charge in [0.2, 0.25) is 5.91 Å². The molecule has 94 valence electrons. The zero-order valence-corrected chi connectivity index (χ0v) is 10.4. The van der Waals surface area contributed by atoms with Crippen molar-refractivity contribution in [3.8, 4) is 0 Å². The Morgan fingerprint density at radius 3 is 2.88 bits per heavy atom. The van der Waals surface area contributed by atoms with Crippen LogP contribution < -0.4 is 5.73 Å². The second-order valence-electron chi connectivity index (χ2n) is 4.86. The Labute approximate surface area is 97.8 Å². The van der Waals surface area contributed by atoms with E-state index in [2.05, 4.69) is 6.92 Å². The normalized spacial score (nSPS) is 24.5. The van der Waals surface area contributed by atoms with E-state index < -0.39 is 0 Å². The monoisotopic (exact) mass is 228 g/mol. The van der Waals surface area contributed by atoms with Gasteiger partial charge in [-0.2, -0.15) is 0 Å². The molecule has 3 N–H and O–H groups in total. The Balaban J connectivity index is 2.44. The summed E-state index contributed by atoms with van der Waals surface area (Å²) in [5.41, 5.74) is 5.93. The summed E-state index contributed by atoms with van der Waals surface area (Å²) in [6.45, 7) is 5.85. The zero-order chi connectivity index (χ0) is 12.1. The summed E-state index contributed by atoms with van der Waals surface area (Å²) in [7, 11) is 0. The highest BCUT2D eigenvalue weighted by molar-refractivity contribution is 5.82. The van der Waals surface area contributed by atoms with Gasteiger partial charge in [0.1, 0.15) is 0 Å². The van der Waals surface area contributed by atoms with Crippen molar-refractivity contribution < 1.29 is 9.90 Å². The van der Waals surface area contributed by atoms with Crippen LogP contribution in [0.2, 0.25) is 0 Å². The third-order valence-corrected chi connectivity index (χ3v) is 3.68. The Morgan fingerprint density at radius 2 is 2.31 bits per heavy atom. The molecule has 0 aliphatic carbocycles. The second-order valence-corrected chi connectivity index (χ2v) is 4.86. The van der Waals surface area contributed by atoms with Gasteiger partial charge in [-0.3, -0.25) is 4.79 Å². The summed E-state index contributed by atoms with van der Waals surface area (Å²) in [5, 5.41) is 8.86. The predicted octanol–water partition coefficient (Wildman–Crippen LogP) is 0.591. The minimum atomic E-state index is -0.363. The molecule has 0 aromatic heterocycles. The quantitative estimate of drug-likeness (QED) is 0.724. The lowest BCUT2D eigenvalue weighted by molar-refractivity contribution is -0.132. The van der Waals surface area contributed by atoms with Crippen LogP contribution in [0, 0.1) is 11.8 Å². The zero-order valence-electron chi connectivity index (χ0n) is 10.4. The highest BCUT2D eigenvalue weighted by Gasteiger charge is 2.30. The standard InChI is InChI=1S/C12H24N2O2/c1-3-9(2)11(13)12(16)14-6-4-10(8-14)5-7-15/h9-11,15H,3-8,13H2,1-2H3/t9?,10?,11-/m0/s1. The van der Waals surface area contributed by atoms with Crippen molar-refractivity contribution in [3.05, 3.63) is 0 Å². The largest absolute Gasteiger partial charge is 0.396 e. The smallest absolute Gasteiger partial charge is 0.239 e. The van der Waals surface area contributed by atoms with E-state index in [1.165, 1.54) is 0 Å². The lowest BCUT2D eigenvalue weighted by Crippen LogP contribution is -2.46. The number of nitrogens with two attached hydrogens (primary N) is 1. The SMILES string of the molecule is CCC(C)[C@H](N)C(=O)N1CCC(CCO)C1. The number of hydrogen-bond donors (Lipinski definition) is 2. The van der Waals surface area contributed by atoms with E-state index in [4.69, 9.17) is 10.8 Å². The topological polar surface area (TPSA) is 66.6 Å². The predicted molar refractivity (Wildman–Crippen MR) is 63.8 cm³/mol. The highest BCUT2D eigenvalue weighted by atomic mass is 16.3. The molecule has 0 radical (unpaired) electrons. The van der Waals surface area contributed by atoms with E-state index in [0.29, 0.717) is 5.92 Å². The molecular weight excluding hydrogens is 204 g/mol. The van der Waals surface area contributed by atoms with Crippen molar-refractivity contribution in [2.45, 2.75) is 39.2 Å². The van der Waals surface area contributed by atoms with Gasteiger partial charge in [-0.15, -0.1) is 0 Å². The number of carbonyl (C=O) groups excluding carboxylic acids is 1. The Bertz CT molecular complexity index is 233. The number of nitrogens with zero attached hydrogens (tertiary/aromatic N) is 1. The minimum absolute atomic E-state index is 0.0785. The van der Waals surface area contributed by atoms with E-state index in [1.54, 1.807) is 0 Å². The van der Waals surface area contributed by atoms with Crippen LogP contribution in [-0.4, -0.2) is 41.7 Å². The van der Waals surface area contributed by atoms with Crippen LogP contribution in [0.1, 0.15) is 33.1 Å². The van der Waals surface area contributed by atoms with Crippen LogP contribution >= 0.6 is 0 Å². The van der Waals surface area contributed by atoms with E-state index in [0.717, 1.165) is 32.4 Å². The summed E-state index contributed by atoms with van der Waals surface area (Å²) >= 11 is 0. The number of amides is 1. The van der Waals surface area contributed by atoms with Gasteiger partial charge >= 0.3 is 0 Å². The van der Waals surface area contributed by atoms with Gasteiger partial charge in [-0.05, 0) is 24.7 Å². The number of carbonyl (C=O) groups is 1. The van der Waals surface area contributed by atoms with Gasteiger partial charge in [0.05, 0.1) is 6.04 Å². The third-order valence-electron chi connectivity index (χ3n) is 3.68. The fourth-order valence-corrected chi connectivity index (χ4v) is 2.16. The summed E-state index contributed by atoms with van der Waals surface area (Å²) < 4.78 is 0. The molecule has 0 spiro atoms. The average molecular weight is 228 g/mol. The number of hydrogen-bond acceptors (Lipinski definition) is 3. The number of likely N-dealkylation sites (tertiary alicyclic amines) is 1. The van der Waals surface area contributed by atoms with E-state index in [9.17, 15) is 4.79 Å². The molecule has 1 heterocycles. The van der Waals surface area contributed by atoms with Crippen molar-refractivity contribution in [1.82, 2.24) is 4.90 Å². The first-order valence-corrected chi connectivity index (χ1v) is 6.25. The first kappa shape index (κ1) is 13.5. The van der Waals surface area contributed by atoms with Crippen LogP contribution in [-0.2, 0) is 4.79 Å². The van der Waals surface area contributed by atoms with Crippen molar-refractivity contribution in [2.24, 2.45) is 17.6 Å². The summed E-state index contributed by atoms with van der Waals surface area (Å²) in [4.78, 5) is 13.9. The fraction of sp³-hybridized carbons (Fsp3) is 0.917. The molecule has 16 heavy (non-hydrogen) atoms. The molecule has 0 saturated carbocycles. The van der Waals surface area contributed by atoms with Crippen molar-refractivity contribution in [1.29, 1.82) is 0 Å². The Kier molecular flexibility index (Phi) is 5.22. The van der Waals surface area contributed by atoms with Crippen molar-refractivity contribution >= 4 is 5.91 Å². The van der Waals surface area contributed by atoms with Gasteiger partial charge in [0.15, 0.2) is 0 Å². The van der Waals surface area contributed by atoms with Gasteiger partial charge in [0.25, 0.3) is 0 Å². The van der Waals surface area contributed by atoms with Crippen molar-refractivity contribution in [2.75, 3.05) is 19.7 Å². The molecule has 0 aromatic carbocycles. The summed E-state index contributed by atoms with van der Waals surface area (Å²) in [5.74, 6) is 0.775. The van der Waals surface area contributed by atoms with Crippen LogP contribution in [0.25, 0.3) is 0 Å².